The number of rotatable bonds is 8. The minimum atomic E-state index is -0.400. The van der Waals surface area contributed by atoms with Crippen molar-refractivity contribution in [3.63, 3.8) is 0 Å². The predicted molar refractivity (Wildman–Crippen MR) is 110 cm³/mol. The van der Waals surface area contributed by atoms with Gasteiger partial charge in [-0.25, -0.2) is 9.37 Å². The standard InChI is InChI=1S/C21H22FN3O3S/c1-14-18(9-11-26)21(28)25(20(24-14)15-4-6-16(22)7-5-15)13-19(27)23-10-8-17-3-2-12-29-17/h2-7,12,26H,8-11,13H2,1H3,(H,23,27). The lowest BCUT2D eigenvalue weighted by Crippen LogP contribution is -2.36. The zero-order valence-corrected chi connectivity index (χ0v) is 16.8. The fourth-order valence-corrected chi connectivity index (χ4v) is 3.75. The number of carbonyl (C=O) groups excluding carboxylic acids is 1. The highest BCUT2D eigenvalue weighted by Gasteiger charge is 2.17. The predicted octanol–water partition coefficient (Wildman–Crippen LogP) is 2.31. The summed E-state index contributed by atoms with van der Waals surface area (Å²) in [6, 6.07) is 9.56. The Morgan fingerprint density at radius 3 is 2.66 bits per heavy atom. The van der Waals surface area contributed by atoms with Crippen molar-refractivity contribution < 1.29 is 14.3 Å². The van der Waals surface area contributed by atoms with E-state index in [4.69, 9.17) is 0 Å². The molecule has 0 aliphatic rings. The highest BCUT2D eigenvalue weighted by Crippen LogP contribution is 2.18. The number of aliphatic hydroxyl groups excluding tert-OH is 1. The van der Waals surface area contributed by atoms with Crippen LogP contribution in [0.1, 0.15) is 16.1 Å². The highest BCUT2D eigenvalue weighted by molar-refractivity contribution is 7.09. The Labute approximate surface area is 171 Å². The van der Waals surface area contributed by atoms with Gasteiger partial charge in [-0.05, 0) is 49.1 Å². The van der Waals surface area contributed by atoms with Crippen LogP contribution in [0.3, 0.4) is 0 Å². The van der Waals surface area contributed by atoms with Gasteiger partial charge in [0.2, 0.25) is 5.91 Å². The van der Waals surface area contributed by atoms with Crippen molar-refractivity contribution in [1.82, 2.24) is 14.9 Å². The Morgan fingerprint density at radius 2 is 2.00 bits per heavy atom. The summed E-state index contributed by atoms with van der Waals surface area (Å²) in [5.74, 6) is -0.419. The smallest absolute Gasteiger partial charge is 0.257 e. The van der Waals surface area contributed by atoms with E-state index in [2.05, 4.69) is 10.3 Å². The second-order valence-corrected chi connectivity index (χ2v) is 7.58. The maximum Gasteiger partial charge on any atom is 0.257 e. The average molecular weight is 415 g/mol. The van der Waals surface area contributed by atoms with E-state index >= 15 is 0 Å². The van der Waals surface area contributed by atoms with Crippen LogP contribution in [0.15, 0.2) is 46.6 Å². The molecule has 0 aliphatic carbocycles. The minimum Gasteiger partial charge on any atom is -0.396 e. The first-order valence-corrected chi connectivity index (χ1v) is 10.1. The molecule has 0 fully saturated rings. The van der Waals surface area contributed by atoms with Crippen molar-refractivity contribution in [1.29, 1.82) is 0 Å². The lowest BCUT2D eigenvalue weighted by atomic mass is 10.1. The Kier molecular flexibility index (Phi) is 6.90. The molecule has 29 heavy (non-hydrogen) atoms. The number of aromatic nitrogens is 2. The molecule has 2 aromatic heterocycles. The summed E-state index contributed by atoms with van der Waals surface area (Å²) in [5.41, 5.74) is 1.01. The summed E-state index contributed by atoms with van der Waals surface area (Å²) in [6.45, 7) is 1.75. The number of amides is 1. The summed E-state index contributed by atoms with van der Waals surface area (Å²) in [5, 5.41) is 14.1. The van der Waals surface area contributed by atoms with Gasteiger partial charge in [-0.3, -0.25) is 14.2 Å². The molecule has 0 aliphatic heterocycles. The highest BCUT2D eigenvalue weighted by atomic mass is 32.1. The van der Waals surface area contributed by atoms with Gasteiger partial charge in [-0.15, -0.1) is 11.3 Å². The van der Waals surface area contributed by atoms with Gasteiger partial charge in [0.05, 0.1) is 0 Å². The van der Waals surface area contributed by atoms with E-state index in [0.717, 1.165) is 4.88 Å². The van der Waals surface area contributed by atoms with E-state index in [-0.39, 0.29) is 31.0 Å². The maximum atomic E-state index is 13.3. The van der Waals surface area contributed by atoms with Gasteiger partial charge in [-0.1, -0.05) is 6.07 Å². The van der Waals surface area contributed by atoms with Crippen LogP contribution in [-0.4, -0.2) is 33.7 Å². The Bertz CT molecular complexity index is 1030. The Morgan fingerprint density at radius 1 is 1.24 bits per heavy atom. The first-order valence-electron chi connectivity index (χ1n) is 9.25. The normalized spacial score (nSPS) is 10.9. The first kappa shape index (κ1) is 20.9. The topological polar surface area (TPSA) is 84.2 Å². The first-order chi connectivity index (χ1) is 14.0. The summed E-state index contributed by atoms with van der Waals surface area (Å²) < 4.78 is 14.6. The second-order valence-electron chi connectivity index (χ2n) is 6.55. The molecule has 0 atom stereocenters. The molecule has 0 saturated heterocycles. The summed E-state index contributed by atoms with van der Waals surface area (Å²) in [6.07, 6.45) is 0.867. The van der Waals surface area contributed by atoms with Crippen molar-refractivity contribution in [3.8, 4) is 11.4 Å². The van der Waals surface area contributed by atoms with E-state index in [1.165, 1.54) is 28.8 Å². The SMILES string of the molecule is Cc1nc(-c2ccc(F)cc2)n(CC(=O)NCCc2cccs2)c(=O)c1CCO. The number of hydrogen-bond donors (Lipinski definition) is 2. The van der Waals surface area contributed by atoms with Crippen molar-refractivity contribution >= 4 is 17.2 Å². The minimum absolute atomic E-state index is 0.154. The third-order valence-electron chi connectivity index (χ3n) is 4.51. The van der Waals surface area contributed by atoms with E-state index in [1.807, 2.05) is 17.5 Å². The molecule has 3 rings (SSSR count). The molecule has 0 unspecified atom stereocenters. The van der Waals surface area contributed by atoms with Gasteiger partial charge >= 0.3 is 0 Å². The molecular formula is C21H22FN3O3S. The van der Waals surface area contributed by atoms with Crippen molar-refractivity contribution in [2.75, 3.05) is 13.2 Å². The Balaban J connectivity index is 1.87. The van der Waals surface area contributed by atoms with Gasteiger partial charge in [0.1, 0.15) is 18.2 Å². The molecule has 8 heteroatoms. The van der Waals surface area contributed by atoms with E-state index in [9.17, 15) is 19.1 Å². The molecule has 1 amide bonds. The molecule has 0 bridgehead atoms. The number of nitrogens with zero attached hydrogens (tertiary/aromatic N) is 2. The number of aliphatic hydroxyl groups is 1. The number of halogens is 1. The van der Waals surface area contributed by atoms with Crippen LogP contribution < -0.4 is 10.9 Å². The van der Waals surface area contributed by atoms with Crippen LogP contribution in [0.5, 0.6) is 0 Å². The maximum absolute atomic E-state index is 13.3. The number of carbonyl (C=O) groups is 1. The quantitative estimate of drug-likeness (QED) is 0.591. The van der Waals surface area contributed by atoms with Crippen LogP contribution >= 0.6 is 11.3 Å². The number of nitrogens with one attached hydrogen (secondary N) is 1. The molecule has 0 radical (unpaired) electrons. The third kappa shape index (κ3) is 5.16. The molecule has 0 spiro atoms. The molecule has 2 N–H and O–H groups in total. The van der Waals surface area contributed by atoms with Crippen LogP contribution in [0.25, 0.3) is 11.4 Å². The van der Waals surface area contributed by atoms with Crippen molar-refractivity contribution in [2.24, 2.45) is 0 Å². The van der Waals surface area contributed by atoms with Gasteiger partial charge in [-0.2, -0.15) is 0 Å². The monoisotopic (exact) mass is 415 g/mol. The second kappa shape index (κ2) is 9.58. The van der Waals surface area contributed by atoms with E-state index in [1.54, 1.807) is 18.3 Å². The largest absolute Gasteiger partial charge is 0.396 e. The molecular weight excluding hydrogens is 393 g/mol. The molecule has 2 heterocycles. The van der Waals surface area contributed by atoms with E-state index in [0.29, 0.717) is 35.6 Å². The van der Waals surface area contributed by atoms with Gasteiger partial charge < -0.3 is 10.4 Å². The van der Waals surface area contributed by atoms with Crippen LogP contribution in [0.4, 0.5) is 4.39 Å². The van der Waals surface area contributed by atoms with E-state index < -0.39 is 5.82 Å². The van der Waals surface area contributed by atoms with Gasteiger partial charge in [0.25, 0.3) is 5.56 Å². The summed E-state index contributed by atoms with van der Waals surface area (Å²) >= 11 is 1.62. The van der Waals surface area contributed by atoms with Crippen LogP contribution in [0.2, 0.25) is 0 Å². The number of hydrogen-bond acceptors (Lipinski definition) is 5. The molecule has 1 aromatic carbocycles. The number of thiophene rings is 1. The van der Waals surface area contributed by atoms with Crippen molar-refractivity contribution in [3.05, 3.63) is 74.1 Å². The van der Waals surface area contributed by atoms with Gasteiger partial charge in [0.15, 0.2) is 0 Å². The summed E-state index contributed by atoms with van der Waals surface area (Å²) in [4.78, 5) is 31.1. The fraction of sp³-hybridized carbons (Fsp3) is 0.286. The lowest BCUT2D eigenvalue weighted by Gasteiger charge is -2.16. The van der Waals surface area contributed by atoms with Crippen LogP contribution in [-0.2, 0) is 24.2 Å². The summed E-state index contributed by atoms with van der Waals surface area (Å²) in [7, 11) is 0. The molecule has 3 aromatic rings. The lowest BCUT2D eigenvalue weighted by molar-refractivity contribution is -0.121. The third-order valence-corrected chi connectivity index (χ3v) is 5.45. The number of benzene rings is 1. The Hall–Kier alpha value is -2.84. The molecule has 152 valence electrons. The average Bonchev–Trinajstić information content (AvgIpc) is 3.21. The van der Waals surface area contributed by atoms with Gasteiger partial charge in [0, 0.05) is 41.3 Å². The van der Waals surface area contributed by atoms with Crippen molar-refractivity contribution in [2.45, 2.75) is 26.3 Å². The zero-order valence-electron chi connectivity index (χ0n) is 16.0. The van der Waals surface area contributed by atoms with Crippen LogP contribution in [0, 0.1) is 12.7 Å². The zero-order chi connectivity index (χ0) is 20.8. The fourth-order valence-electron chi connectivity index (χ4n) is 3.05. The number of aryl methyl sites for hydroxylation is 1. The molecule has 0 saturated carbocycles. The molecule has 6 nitrogen and oxygen atoms in total.